The van der Waals surface area contributed by atoms with Crippen LogP contribution in [0.2, 0.25) is 0 Å². The van der Waals surface area contributed by atoms with E-state index in [0.717, 1.165) is 40.8 Å². The fraction of sp³-hybridized carbons (Fsp3) is 0.209. The molecule has 0 saturated carbocycles. The van der Waals surface area contributed by atoms with Crippen LogP contribution in [0.5, 0.6) is 0 Å². The molecule has 0 bridgehead atoms. The standard InChI is InChI=1S/C23H23FN6O.C22H22FN7O2.C22H21FN6O2/c1-3-6-16-9-8-14(13-27-16)15-11-17(20-18(24)7-5-10-26-20)21-19(12-15)28-22(29-21)30-23(31)25-4-2;1-4-24-21(31)30-20-28-16-9-12(13-10-26-19(27-11-13)22(2,3)32)8-14(18(16)29-20)17-15(23)6-5-7-25-17;1-3-24-22(31)29-21-27-18-10-14(13-6-7-17(12(2)30)26-11-13)9-15(20(18)28-21)19-16(23)5-4-8-25-19/h5,7-13H,3-4,6H2,1-2H3,(H3,25,28,29,30,31);5-11,32H,4H2,1-3H3,(H3,24,28,29,30,31);4-12,30H,3H2,1-2H3,(H3,24,27,28,29,31)/t;;12-/m..0/s1. The van der Waals surface area contributed by atoms with Crippen LogP contribution in [0.1, 0.15) is 78.2 Å². The van der Waals surface area contributed by atoms with E-state index in [1.54, 1.807) is 82.8 Å². The number of hydrogen-bond donors (Lipinski definition) is 11. The van der Waals surface area contributed by atoms with Gasteiger partial charge in [0, 0.05) is 102 Å². The van der Waals surface area contributed by atoms with Gasteiger partial charge in [-0.2, -0.15) is 0 Å². The minimum Gasteiger partial charge on any atom is -0.387 e. The SMILES string of the molecule is CCCc1ccc(-c2cc(-c3ncccc3F)c3nc(NC(=O)NCC)[nH]c3c2)cn1.CCNC(=O)Nc1nc2c(-c3ncccc3F)cc(-c3ccc([C@H](C)O)nc3)cc2[nH]1.CCNC(=O)Nc1nc2c(-c3ncccc3F)cc(-c3cnc(C(C)(C)O)nc3)cc2[nH]1. The van der Waals surface area contributed by atoms with Gasteiger partial charge in [-0.1, -0.05) is 25.5 Å². The van der Waals surface area contributed by atoms with Crippen LogP contribution in [-0.4, -0.2) is 113 Å². The fourth-order valence-electron chi connectivity index (χ4n) is 9.88. The summed E-state index contributed by atoms with van der Waals surface area (Å²) in [4.78, 5) is 88.2. The van der Waals surface area contributed by atoms with Crippen molar-refractivity contribution in [1.82, 2.24) is 80.7 Å². The second-order valence-electron chi connectivity index (χ2n) is 21.8. The number of H-pyrrole nitrogens is 3. The molecule has 0 unspecified atom stereocenters. The summed E-state index contributed by atoms with van der Waals surface area (Å²) < 4.78 is 43.8. The van der Waals surface area contributed by atoms with Crippen molar-refractivity contribution in [3.05, 3.63) is 175 Å². The molecule has 12 rings (SSSR count). The Morgan fingerprint density at radius 2 is 0.862 bits per heavy atom. The third-order valence-electron chi connectivity index (χ3n) is 14.3. The summed E-state index contributed by atoms with van der Waals surface area (Å²) in [6.45, 7) is 13.8. The van der Waals surface area contributed by atoms with Crippen LogP contribution in [0.4, 0.5) is 45.4 Å². The number of aromatic nitrogens is 13. The number of fused-ring (bicyclic) bond motifs is 3. The number of anilines is 3. The molecular formula is C67H66F3N19O5. The molecule has 0 spiro atoms. The summed E-state index contributed by atoms with van der Waals surface area (Å²) >= 11 is 0. The van der Waals surface area contributed by atoms with Crippen LogP contribution < -0.4 is 31.9 Å². The van der Waals surface area contributed by atoms with Gasteiger partial charge in [-0.15, -0.1) is 0 Å². The monoisotopic (exact) mass is 1270 g/mol. The Kier molecular flexibility index (Phi) is 20.3. The number of urea groups is 3. The van der Waals surface area contributed by atoms with Crippen molar-refractivity contribution in [2.24, 2.45) is 0 Å². The number of nitrogens with one attached hydrogen (secondary N) is 9. The molecule has 6 amide bonds. The van der Waals surface area contributed by atoms with E-state index in [4.69, 9.17) is 0 Å². The van der Waals surface area contributed by atoms with Crippen molar-refractivity contribution in [2.75, 3.05) is 35.6 Å². The molecule has 12 aromatic rings. The Balaban J connectivity index is 0.000000154. The van der Waals surface area contributed by atoms with Crippen molar-refractivity contribution < 1.29 is 37.8 Å². The number of halogens is 3. The number of pyridine rings is 5. The van der Waals surface area contributed by atoms with Gasteiger partial charge in [0.1, 0.15) is 56.7 Å². The number of carbonyl (C=O) groups excluding carboxylic acids is 3. The van der Waals surface area contributed by atoms with E-state index in [0.29, 0.717) is 86.2 Å². The second kappa shape index (κ2) is 29.1. The number of imidazole rings is 3. The van der Waals surface area contributed by atoms with E-state index < -0.39 is 41.2 Å². The zero-order valence-electron chi connectivity index (χ0n) is 52.1. The average Bonchev–Trinajstić information content (AvgIpc) is 1.78. The van der Waals surface area contributed by atoms with Gasteiger partial charge in [-0.05, 0) is 150 Å². The van der Waals surface area contributed by atoms with Gasteiger partial charge in [0.15, 0.2) is 5.82 Å². The van der Waals surface area contributed by atoms with Gasteiger partial charge >= 0.3 is 18.1 Å². The number of amides is 6. The van der Waals surface area contributed by atoms with E-state index >= 15 is 0 Å². The van der Waals surface area contributed by atoms with Crippen LogP contribution in [-0.2, 0) is 12.0 Å². The molecule has 27 heteroatoms. The van der Waals surface area contributed by atoms with E-state index in [1.165, 1.54) is 42.7 Å². The summed E-state index contributed by atoms with van der Waals surface area (Å²) in [5, 5.41) is 35.6. The van der Waals surface area contributed by atoms with Crippen LogP contribution >= 0.6 is 0 Å². The molecular weight excluding hydrogens is 1210 g/mol. The molecule has 9 heterocycles. The lowest BCUT2D eigenvalue weighted by Gasteiger charge is -2.15. The lowest BCUT2D eigenvalue weighted by atomic mass is 10.0. The first-order chi connectivity index (χ1) is 45.3. The maximum Gasteiger partial charge on any atom is 0.321 e. The Hall–Kier alpha value is -11.6. The predicted molar refractivity (Wildman–Crippen MR) is 353 cm³/mol. The zero-order valence-corrected chi connectivity index (χ0v) is 52.1. The van der Waals surface area contributed by atoms with Crippen molar-refractivity contribution in [3.8, 4) is 67.2 Å². The third kappa shape index (κ3) is 15.4. The molecule has 480 valence electrons. The molecule has 9 aromatic heterocycles. The molecule has 3 aromatic carbocycles. The highest BCUT2D eigenvalue weighted by Gasteiger charge is 2.23. The zero-order chi connectivity index (χ0) is 66.6. The van der Waals surface area contributed by atoms with Gasteiger partial charge in [0.25, 0.3) is 0 Å². The van der Waals surface area contributed by atoms with Crippen molar-refractivity contribution in [3.63, 3.8) is 0 Å². The molecule has 11 N–H and O–H groups in total. The molecule has 94 heavy (non-hydrogen) atoms. The minimum atomic E-state index is -1.17. The van der Waals surface area contributed by atoms with E-state index in [9.17, 15) is 37.8 Å². The number of rotatable bonds is 16. The lowest BCUT2D eigenvalue weighted by Crippen LogP contribution is -2.28. The fourth-order valence-corrected chi connectivity index (χ4v) is 9.88. The van der Waals surface area contributed by atoms with E-state index in [-0.39, 0.29) is 46.8 Å². The summed E-state index contributed by atoms with van der Waals surface area (Å²) in [6.07, 6.45) is 12.4. The number of aliphatic hydroxyl groups excluding tert-OH is 1. The average molecular weight is 1270 g/mol. The van der Waals surface area contributed by atoms with Gasteiger partial charge in [0.2, 0.25) is 17.8 Å². The molecule has 0 aliphatic carbocycles. The summed E-state index contributed by atoms with van der Waals surface area (Å²) in [5.74, 6) is -0.419. The highest BCUT2D eigenvalue weighted by atomic mass is 19.1. The number of hydrogen-bond acceptors (Lipinski definition) is 15. The highest BCUT2D eigenvalue weighted by molar-refractivity contribution is 6.01. The molecule has 0 radical (unpaired) electrons. The number of nitrogens with zero attached hydrogens (tertiary/aromatic N) is 10. The Morgan fingerprint density at radius 3 is 1.18 bits per heavy atom. The summed E-state index contributed by atoms with van der Waals surface area (Å²) in [7, 11) is 0. The normalized spacial score (nSPS) is 11.5. The second-order valence-corrected chi connectivity index (χ2v) is 21.8. The number of carbonyl (C=O) groups is 3. The summed E-state index contributed by atoms with van der Waals surface area (Å²) in [5.41, 5.74) is 10.2. The number of benzene rings is 3. The van der Waals surface area contributed by atoms with Crippen LogP contribution in [0.15, 0.2) is 140 Å². The Labute approximate surface area is 536 Å². The van der Waals surface area contributed by atoms with Gasteiger partial charge in [0.05, 0.1) is 28.3 Å². The predicted octanol–water partition coefficient (Wildman–Crippen LogP) is 12.5. The maximum absolute atomic E-state index is 14.6. The quantitative estimate of drug-likeness (QED) is 0.0428. The maximum atomic E-state index is 14.6. The van der Waals surface area contributed by atoms with Crippen LogP contribution in [0.25, 0.3) is 100 Å². The number of aliphatic hydroxyl groups is 2. The van der Waals surface area contributed by atoms with Gasteiger partial charge < -0.3 is 41.1 Å². The summed E-state index contributed by atoms with van der Waals surface area (Å²) in [6, 6.07) is 25.9. The largest absolute Gasteiger partial charge is 0.387 e. The number of aryl methyl sites for hydroxylation is 1. The Bertz CT molecular complexity index is 4670. The topological polar surface area (TPSA) is 340 Å². The molecule has 0 aliphatic heterocycles. The van der Waals surface area contributed by atoms with Crippen LogP contribution in [0.3, 0.4) is 0 Å². The van der Waals surface area contributed by atoms with Crippen molar-refractivity contribution in [2.45, 2.75) is 73.0 Å². The highest BCUT2D eigenvalue weighted by Crippen LogP contribution is 2.38. The Morgan fingerprint density at radius 1 is 0.489 bits per heavy atom. The van der Waals surface area contributed by atoms with Gasteiger partial charge in [-0.25, -0.2) is 52.5 Å². The van der Waals surface area contributed by atoms with Crippen molar-refractivity contribution in [1.29, 1.82) is 0 Å². The molecule has 1 atom stereocenters. The third-order valence-corrected chi connectivity index (χ3v) is 14.3. The van der Waals surface area contributed by atoms with Gasteiger partial charge in [-0.3, -0.25) is 40.9 Å². The first-order valence-electron chi connectivity index (χ1n) is 30.0. The molecule has 0 fully saturated rings. The van der Waals surface area contributed by atoms with Crippen LogP contribution in [0, 0.1) is 17.5 Å². The van der Waals surface area contributed by atoms with E-state index in [2.05, 4.69) is 104 Å². The lowest BCUT2D eigenvalue weighted by molar-refractivity contribution is 0.0687. The van der Waals surface area contributed by atoms with Crippen molar-refractivity contribution >= 4 is 69.0 Å². The van der Waals surface area contributed by atoms with E-state index in [1.807, 2.05) is 56.4 Å². The smallest absolute Gasteiger partial charge is 0.321 e. The number of aromatic amines is 3. The first-order valence-corrected chi connectivity index (χ1v) is 30.0. The first kappa shape index (κ1) is 65.4. The molecule has 0 aliphatic rings. The molecule has 24 nitrogen and oxygen atoms in total. The minimum absolute atomic E-state index is 0.129. The molecule has 0 saturated heterocycles.